The van der Waals surface area contributed by atoms with Crippen molar-refractivity contribution in [2.75, 3.05) is 19.6 Å². The number of nitrogens with zero attached hydrogens (tertiary/aromatic N) is 1. The summed E-state index contributed by atoms with van der Waals surface area (Å²) >= 11 is 1.34. The molecule has 2 heterocycles. The largest absolute Gasteiger partial charge is 0.313 e. The second-order valence-electron chi connectivity index (χ2n) is 5.31. The Morgan fingerprint density at radius 2 is 2.05 bits per heavy atom. The molecule has 1 aromatic rings. The summed E-state index contributed by atoms with van der Waals surface area (Å²) in [5.74, 6) is 0.689. The van der Waals surface area contributed by atoms with Crippen molar-refractivity contribution in [1.82, 2.24) is 9.62 Å². The van der Waals surface area contributed by atoms with Gasteiger partial charge in [0.25, 0.3) is 10.0 Å². The number of sulfonamides is 1. The summed E-state index contributed by atoms with van der Waals surface area (Å²) in [5.41, 5.74) is 1.05. The van der Waals surface area contributed by atoms with Crippen LogP contribution in [0, 0.1) is 5.92 Å². The zero-order valence-electron chi connectivity index (χ0n) is 12.3. The summed E-state index contributed by atoms with van der Waals surface area (Å²) < 4.78 is 27.3. The highest BCUT2D eigenvalue weighted by atomic mass is 32.2. The molecular weight excluding hydrogens is 292 g/mol. The average Bonchev–Trinajstić information content (AvgIpc) is 2.94. The molecule has 0 spiro atoms. The Morgan fingerprint density at radius 3 is 2.65 bits per heavy atom. The minimum absolute atomic E-state index is 0.486. The topological polar surface area (TPSA) is 49.4 Å². The molecule has 1 aliphatic rings. The molecule has 6 heteroatoms. The Kier molecular flexibility index (Phi) is 5.60. The molecule has 2 rings (SSSR count). The van der Waals surface area contributed by atoms with Crippen LogP contribution in [0.3, 0.4) is 0 Å². The van der Waals surface area contributed by atoms with Crippen LogP contribution in [-0.4, -0.2) is 32.4 Å². The lowest BCUT2D eigenvalue weighted by Crippen LogP contribution is -2.38. The van der Waals surface area contributed by atoms with Gasteiger partial charge in [0.15, 0.2) is 0 Å². The molecule has 0 bridgehead atoms. The fraction of sp³-hybridized carbons (Fsp3) is 0.714. The van der Waals surface area contributed by atoms with E-state index >= 15 is 0 Å². The fourth-order valence-electron chi connectivity index (χ4n) is 2.54. The summed E-state index contributed by atoms with van der Waals surface area (Å²) in [6.07, 6.45) is 3.14. The first-order valence-corrected chi connectivity index (χ1v) is 9.68. The first-order chi connectivity index (χ1) is 9.57. The molecule has 1 aromatic heterocycles. The number of thiophene rings is 1. The molecule has 1 N–H and O–H groups in total. The third-order valence-corrected chi connectivity index (χ3v) is 7.32. The van der Waals surface area contributed by atoms with Crippen LogP contribution in [0.1, 0.15) is 38.7 Å². The third kappa shape index (κ3) is 3.61. The van der Waals surface area contributed by atoms with E-state index in [9.17, 15) is 8.42 Å². The van der Waals surface area contributed by atoms with Crippen LogP contribution >= 0.6 is 11.3 Å². The molecule has 0 aromatic carbocycles. The molecule has 0 amide bonds. The van der Waals surface area contributed by atoms with E-state index in [0.717, 1.165) is 37.9 Å². The van der Waals surface area contributed by atoms with E-state index in [2.05, 4.69) is 12.2 Å². The number of hydrogen-bond acceptors (Lipinski definition) is 4. The predicted molar refractivity (Wildman–Crippen MR) is 83.5 cm³/mol. The average molecular weight is 316 g/mol. The van der Waals surface area contributed by atoms with Crippen molar-refractivity contribution in [3.8, 4) is 0 Å². The van der Waals surface area contributed by atoms with E-state index in [1.807, 2.05) is 18.4 Å². The molecule has 4 nitrogen and oxygen atoms in total. The van der Waals surface area contributed by atoms with E-state index in [0.29, 0.717) is 23.2 Å². The maximum atomic E-state index is 12.6. The van der Waals surface area contributed by atoms with Crippen LogP contribution in [0.15, 0.2) is 15.7 Å². The molecule has 20 heavy (non-hydrogen) atoms. The van der Waals surface area contributed by atoms with Crippen molar-refractivity contribution in [2.24, 2.45) is 5.92 Å². The molecule has 114 valence electrons. The second-order valence-corrected chi connectivity index (χ2v) is 8.39. The van der Waals surface area contributed by atoms with Crippen LogP contribution in [0.25, 0.3) is 0 Å². The van der Waals surface area contributed by atoms with E-state index in [1.165, 1.54) is 11.3 Å². The lowest BCUT2D eigenvalue weighted by molar-refractivity contribution is 0.269. The Balaban J connectivity index is 2.04. The van der Waals surface area contributed by atoms with Gasteiger partial charge in [-0.2, -0.15) is 4.31 Å². The molecular formula is C14H24N2O2S2. The molecule has 1 fully saturated rings. The summed E-state index contributed by atoms with van der Waals surface area (Å²) in [6.45, 7) is 7.19. The van der Waals surface area contributed by atoms with Gasteiger partial charge >= 0.3 is 0 Å². The molecule has 1 saturated heterocycles. The molecule has 0 atom stereocenters. The Hall–Kier alpha value is -0.430. The van der Waals surface area contributed by atoms with Crippen molar-refractivity contribution in [1.29, 1.82) is 0 Å². The number of rotatable bonds is 6. The number of piperidine rings is 1. The van der Waals surface area contributed by atoms with Crippen molar-refractivity contribution in [2.45, 2.75) is 43.9 Å². The Bertz CT molecular complexity index is 517. The minimum Gasteiger partial charge on any atom is -0.313 e. The van der Waals surface area contributed by atoms with Gasteiger partial charge in [0.1, 0.15) is 4.21 Å². The van der Waals surface area contributed by atoms with E-state index in [1.54, 1.807) is 4.31 Å². The summed E-state index contributed by atoms with van der Waals surface area (Å²) in [4.78, 5) is 0. The highest BCUT2D eigenvalue weighted by Gasteiger charge is 2.29. The van der Waals surface area contributed by atoms with Crippen molar-refractivity contribution >= 4 is 21.4 Å². The lowest BCUT2D eigenvalue weighted by Gasteiger charge is -2.30. The number of hydrogen-bond donors (Lipinski definition) is 1. The fourth-order valence-corrected chi connectivity index (χ4v) is 5.37. The monoisotopic (exact) mass is 316 g/mol. The predicted octanol–water partition coefficient (Wildman–Crippen LogP) is 2.67. The first-order valence-electron chi connectivity index (χ1n) is 7.36. The molecule has 0 saturated carbocycles. The van der Waals surface area contributed by atoms with Gasteiger partial charge in [-0.3, -0.25) is 0 Å². The third-order valence-electron chi connectivity index (χ3n) is 3.95. The molecule has 0 unspecified atom stereocenters. The molecule has 0 aliphatic carbocycles. The number of nitrogens with one attached hydrogen (secondary N) is 1. The smallest absolute Gasteiger partial charge is 0.252 e. The first kappa shape index (κ1) is 15.9. The van der Waals surface area contributed by atoms with E-state index in [-0.39, 0.29) is 0 Å². The zero-order chi connectivity index (χ0) is 14.6. The van der Waals surface area contributed by atoms with Gasteiger partial charge in [0, 0.05) is 19.6 Å². The quantitative estimate of drug-likeness (QED) is 0.878. The van der Waals surface area contributed by atoms with Crippen LogP contribution < -0.4 is 5.32 Å². The second kappa shape index (κ2) is 7.02. The Morgan fingerprint density at radius 1 is 1.35 bits per heavy atom. The van der Waals surface area contributed by atoms with Gasteiger partial charge in [-0.05, 0) is 42.3 Å². The normalized spacial score (nSPS) is 18.5. The Labute approximate surface area is 126 Å². The highest BCUT2D eigenvalue weighted by molar-refractivity contribution is 7.91. The highest BCUT2D eigenvalue weighted by Crippen LogP contribution is 2.28. The van der Waals surface area contributed by atoms with Crippen LogP contribution in [0.2, 0.25) is 0 Å². The van der Waals surface area contributed by atoms with Crippen molar-refractivity contribution in [3.05, 3.63) is 17.0 Å². The van der Waals surface area contributed by atoms with E-state index < -0.39 is 10.0 Å². The van der Waals surface area contributed by atoms with Crippen molar-refractivity contribution < 1.29 is 8.42 Å². The van der Waals surface area contributed by atoms with Crippen LogP contribution in [0.4, 0.5) is 0 Å². The van der Waals surface area contributed by atoms with Crippen LogP contribution in [0.5, 0.6) is 0 Å². The summed E-state index contributed by atoms with van der Waals surface area (Å²) in [6, 6.07) is 1.81. The summed E-state index contributed by atoms with van der Waals surface area (Å²) in [5, 5.41) is 5.16. The zero-order valence-corrected chi connectivity index (χ0v) is 13.9. The van der Waals surface area contributed by atoms with Gasteiger partial charge in [-0.25, -0.2) is 8.42 Å². The van der Waals surface area contributed by atoms with Gasteiger partial charge in [0.05, 0.1) is 0 Å². The van der Waals surface area contributed by atoms with Gasteiger partial charge in [0.2, 0.25) is 0 Å². The van der Waals surface area contributed by atoms with Crippen molar-refractivity contribution in [3.63, 3.8) is 0 Å². The van der Waals surface area contributed by atoms with Gasteiger partial charge in [-0.1, -0.05) is 20.3 Å². The van der Waals surface area contributed by atoms with Gasteiger partial charge in [-0.15, -0.1) is 11.3 Å². The lowest BCUT2D eigenvalue weighted by atomic mass is 9.96. The molecule has 0 radical (unpaired) electrons. The summed E-state index contributed by atoms with van der Waals surface area (Å²) in [7, 11) is -3.27. The maximum Gasteiger partial charge on any atom is 0.252 e. The van der Waals surface area contributed by atoms with E-state index in [4.69, 9.17) is 0 Å². The van der Waals surface area contributed by atoms with Gasteiger partial charge < -0.3 is 5.32 Å². The van der Waals surface area contributed by atoms with Crippen LogP contribution in [-0.2, 0) is 16.6 Å². The molecule has 1 aliphatic heterocycles. The SMILES string of the molecule is CCNCc1csc(S(=O)(=O)N2CCC(CC)CC2)c1. The standard InChI is InChI=1S/C14H24N2O2S2/c1-3-12-5-7-16(8-6-12)20(17,18)14-9-13(11-19-14)10-15-4-2/h9,11-12,15H,3-8,10H2,1-2H3. The minimum atomic E-state index is -3.27. The maximum absolute atomic E-state index is 12.6.